The molecule has 0 bridgehead atoms. The van der Waals surface area contributed by atoms with Crippen molar-refractivity contribution in [3.63, 3.8) is 0 Å². The maximum absolute atomic E-state index is 11.3. The third kappa shape index (κ3) is 1.73. The maximum atomic E-state index is 11.3. The van der Waals surface area contributed by atoms with Gasteiger partial charge < -0.3 is 0 Å². The highest BCUT2D eigenvalue weighted by atomic mass is 32.2. The van der Waals surface area contributed by atoms with Gasteiger partial charge in [-0.25, -0.2) is 13.6 Å². The summed E-state index contributed by atoms with van der Waals surface area (Å²) in [6, 6.07) is 10.6. The van der Waals surface area contributed by atoms with Crippen molar-refractivity contribution >= 4 is 20.8 Å². The van der Waals surface area contributed by atoms with Gasteiger partial charge in [-0.1, -0.05) is 30.3 Å². The quantitative estimate of drug-likeness (QED) is 0.798. The van der Waals surface area contributed by atoms with Crippen LogP contribution in [0, 0.1) is 6.92 Å². The molecule has 0 aliphatic carbocycles. The number of hydrogen-bond acceptors (Lipinski definition) is 2. The first-order chi connectivity index (χ1) is 7.00. The summed E-state index contributed by atoms with van der Waals surface area (Å²) in [5.74, 6) is 0. The fraction of sp³-hybridized carbons (Fsp3) is 0.0909. The van der Waals surface area contributed by atoms with Gasteiger partial charge in [-0.15, -0.1) is 0 Å². The van der Waals surface area contributed by atoms with Crippen LogP contribution in [0.2, 0.25) is 0 Å². The SMILES string of the molecule is Cc1ccc(S(N)(=O)=O)c2ccccc12. The van der Waals surface area contributed by atoms with Crippen molar-refractivity contribution in [3.8, 4) is 0 Å². The summed E-state index contributed by atoms with van der Waals surface area (Å²) in [7, 11) is -3.65. The van der Waals surface area contributed by atoms with E-state index in [1.54, 1.807) is 24.3 Å². The molecule has 0 amide bonds. The van der Waals surface area contributed by atoms with Crippen molar-refractivity contribution in [2.45, 2.75) is 11.8 Å². The third-order valence-electron chi connectivity index (χ3n) is 2.41. The van der Waals surface area contributed by atoms with Crippen LogP contribution in [0.4, 0.5) is 0 Å². The highest BCUT2D eigenvalue weighted by molar-refractivity contribution is 7.89. The molecule has 0 saturated heterocycles. The van der Waals surface area contributed by atoms with Crippen LogP contribution in [0.15, 0.2) is 41.3 Å². The monoisotopic (exact) mass is 221 g/mol. The molecule has 2 aromatic rings. The molecule has 78 valence electrons. The van der Waals surface area contributed by atoms with Crippen LogP contribution in [0.5, 0.6) is 0 Å². The molecule has 0 atom stereocenters. The number of hydrogen-bond donors (Lipinski definition) is 1. The summed E-state index contributed by atoms with van der Waals surface area (Å²) in [6.45, 7) is 1.94. The molecule has 0 spiro atoms. The van der Waals surface area contributed by atoms with Crippen LogP contribution in [0.3, 0.4) is 0 Å². The second-order valence-electron chi connectivity index (χ2n) is 3.47. The Labute approximate surface area is 88.6 Å². The number of nitrogens with two attached hydrogens (primary N) is 1. The number of sulfonamides is 1. The van der Waals surface area contributed by atoms with E-state index in [-0.39, 0.29) is 4.90 Å². The van der Waals surface area contributed by atoms with Gasteiger partial charge >= 0.3 is 0 Å². The van der Waals surface area contributed by atoms with E-state index in [9.17, 15) is 8.42 Å². The summed E-state index contributed by atoms with van der Waals surface area (Å²) in [5, 5.41) is 6.75. The minimum absolute atomic E-state index is 0.184. The van der Waals surface area contributed by atoms with Crippen LogP contribution in [-0.2, 0) is 10.0 Å². The zero-order valence-corrected chi connectivity index (χ0v) is 9.08. The van der Waals surface area contributed by atoms with Crippen LogP contribution in [0.1, 0.15) is 5.56 Å². The van der Waals surface area contributed by atoms with Gasteiger partial charge in [0, 0.05) is 5.39 Å². The van der Waals surface area contributed by atoms with E-state index in [1.165, 1.54) is 0 Å². The number of fused-ring (bicyclic) bond motifs is 1. The number of aryl methyl sites for hydroxylation is 1. The average molecular weight is 221 g/mol. The van der Waals surface area contributed by atoms with E-state index >= 15 is 0 Å². The average Bonchev–Trinajstić information content (AvgIpc) is 2.17. The molecule has 0 unspecified atom stereocenters. The van der Waals surface area contributed by atoms with E-state index in [1.807, 2.05) is 19.1 Å². The Bertz CT molecular complexity index is 618. The van der Waals surface area contributed by atoms with Gasteiger partial charge in [-0.3, -0.25) is 0 Å². The lowest BCUT2D eigenvalue weighted by Crippen LogP contribution is -2.12. The Balaban J connectivity index is 2.96. The first-order valence-corrected chi connectivity index (χ1v) is 6.06. The topological polar surface area (TPSA) is 60.2 Å². The van der Waals surface area contributed by atoms with Gasteiger partial charge in [0.15, 0.2) is 0 Å². The number of primary sulfonamides is 1. The molecular weight excluding hydrogens is 210 g/mol. The summed E-state index contributed by atoms with van der Waals surface area (Å²) in [5.41, 5.74) is 1.04. The maximum Gasteiger partial charge on any atom is 0.238 e. The Morgan fingerprint density at radius 3 is 2.20 bits per heavy atom. The lowest BCUT2D eigenvalue weighted by Gasteiger charge is -2.06. The summed E-state index contributed by atoms with van der Waals surface area (Å²) >= 11 is 0. The molecule has 0 aliphatic heterocycles. The van der Waals surface area contributed by atoms with Crippen molar-refractivity contribution in [2.75, 3.05) is 0 Å². The van der Waals surface area contributed by atoms with Crippen LogP contribution >= 0.6 is 0 Å². The van der Waals surface area contributed by atoms with Crippen molar-refractivity contribution < 1.29 is 8.42 Å². The zero-order valence-electron chi connectivity index (χ0n) is 8.27. The normalized spacial score (nSPS) is 11.9. The standard InChI is InChI=1S/C11H11NO2S/c1-8-6-7-11(15(12,13)14)10-5-3-2-4-9(8)10/h2-7H,1H3,(H2,12,13,14). The van der Waals surface area contributed by atoms with Crippen LogP contribution in [-0.4, -0.2) is 8.42 Å². The highest BCUT2D eigenvalue weighted by Gasteiger charge is 2.12. The van der Waals surface area contributed by atoms with Gasteiger partial charge in [-0.05, 0) is 23.9 Å². The molecule has 0 radical (unpaired) electrons. The van der Waals surface area contributed by atoms with Crippen LogP contribution < -0.4 is 5.14 Å². The van der Waals surface area contributed by atoms with Crippen molar-refractivity contribution in [1.29, 1.82) is 0 Å². The zero-order chi connectivity index (χ0) is 11.1. The Kier molecular flexibility index (Phi) is 2.25. The second kappa shape index (κ2) is 3.32. The molecule has 3 nitrogen and oxygen atoms in total. The van der Waals surface area contributed by atoms with Crippen molar-refractivity contribution in [1.82, 2.24) is 0 Å². The fourth-order valence-corrected chi connectivity index (χ4v) is 2.41. The predicted molar refractivity (Wildman–Crippen MR) is 60.1 cm³/mol. The molecule has 0 aromatic heterocycles. The lowest BCUT2D eigenvalue weighted by atomic mass is 10.1. The molecule has 0 heterocycles. The van der Waals surface area contributed by atoms with Gasteiger partial charge in [0.05, 0.1) is 4.90 Å². The van der Waals surface area contributed by atoms with Crippen LogP contribution in [0.25, 0.3) is 10.8 Å². The smallest absolute Gasteiger partial charge is 0.225 e. The summed E-state index contributed by atoms with van der Waals surface area (Å²) in [4.78, 5) is 0.184. The van der Waals surface area contributed by atoms with E-state index in [0.717, 1.165) is 10.9 Å². The summed E-state index contributed by atoms with van der Waals surface area (Å²) in [6.07, 6.45) is 0. The Morgan fingerprint density at radius 2 is 1.60 bits per heavy atom. The van der Waals surface area contributed by atoms with E-state index in [4.69, 9.17) is 5.14 Å². The van der Waals surface area contributed by atoms with E-state index < -0.39 is 10.0 Å². The van der Waals surface area contributed by atoms with Crippen molar-refractivity contribution in [3.05, 3.63) is 42.0 Å². The molecule has 15 heavy (non-hydrogen) atoms. The molecular formula is C11H11NO2S. The molecule has 0 fully saturated rings. The fourth-order valence-electron chi connectivity index (χ4n) is 1.67. The minimum Gasteiger partial charge on any atom is -0.225 e. The number of rotatable bonds is 1. The first kappa shape index (κ1) is 10.1. The third-order valence-corrected chi connectivity index (χ3v) is 3.38. The van der Waals surface area contributed by atoms with Gasteiger partial charge in [0.1, 0.15) is 0 Å². The number of benzene rings is 2. The van der Waals surface area contributed by atoms with Gasteiger partial charge in [0.2, 0.25) is 10.0 Å². The van der Waals surface area contributed by atoms with Gasteiger partial charge in [0.25, 0.3) is 0 Å². The molecule has 0 saturated carbocycles. The predicted octanol–water partition coefficient (Wildman–Crippen LogP) is 1.80. The second-order valence-corrected chi connectivity index (χ2v) is 5.00. The van der Waals surface area contributed by atoms with E-state index in [0.29, 0.717) is 5.39 Å². The lowest BCUT2D eigenvalue weighted by molar-refractivity contribution is 0.598. The molecule has 2 rings (SSSR count). The summed E-state index contributed by atoms with van der Waals surface area (Å²) < 4.78 is 22.7. The first-order valence-electron chi connectivity index (χ1n) is 4.51. The largest absolute Gasteiger partial charge is 0.238 e. The molecule has 4 heteroatoms. The van der Waals surface area contributed by atoms with Crippen molar-refractivity contribution in [2.24, 2.45) is 5.14 Å². The Morgan fingerprint density at radius 1 is 1.00 bits per heavy atom. The molecule has 2 aromatic carbocycles. The minimum atomic E-state index is -3.65. The van der Waals surface area contributed by atoms with Gasteiger partial charge in [-0.2, -0.15) is 0 Å². The van der Waals surface area contributed by atoms with E-state index in [2.05, 4.69) is 0 Å². The molecule has 2 N–H and O–H groups in total. The molecule has 0 aliphatic rings. The Hall–Kier alpha value is -1.39. The highest BCUT2D eigenvalue weighted by Crippen LogP contribution is 2.24.